The number of aliphatic carboxylic acids is 1. The first kappa shape index (κ1) is 15.3. The Bertz CT molecular complexity index is 317. The zero-order chi connectivity index (χ0) is 12.8. The maximum absolute atomic E-state index is 11.8. The van der Waals surface area contributed by atoms with Crippen LogP contribution in [0, 0.1) is 0 Å². The highest BCUT2D eigenvalue weighted by Gasteiger charge is 2.23. The molecule has 0 heterocycles. The van der Waals surface area contributed by atoms with Crippen molar-refractivity contribution in [1.29, 1.82) is 0 Å². The van der Waals surface area contributed by atoms with Crippen molar-refractivity contribution in [2.24, 2.45) is 0 Å². The summed E-state index contributed by atoms with van der Waals surface area (Å²) in [7, 11) is 1.02. The minimum Gasteiger partial charge on any atom is -0.481 e. The minimum absolute atomic E-state index is 0.0262. The maximum atomic E-state index is 11.8. The Labute approximate surface area is 96.2 Å². The van der Waals surface area contributed by atoms with Crippen molar-refractivity contribution < 1.29 is 18.3 Å². The molecular weight excluding hydrogens is 234 g/mol. The van der Waals surface area contributed by atoms with Crippen LogP contribution >= 0.6 is 0 Å². The maximum Gasteiger partial charge on any atom is 0.304 e. The van der Waals surface area contributed by atoms with Gasteiger partial charge in [-0.1, -0.05) is 0 Å². The van der Waals surface area contributed by atoms with Crippen LogP contribution < -0.4 is 5.32 Å². The smallest absolute Gasteiger partial charge is 0.304 e. The Kier molecular flexibility index (Phi) is 6.49. The standard InChI is InChI=1S/C8H19N3O4S/c1-9-5-7-11(3)16(14,15)10(2)6-4-8(12)13/h9H,4-7H2,1-3H3,(H,12,13). The van der Waals surface area contributed by atoms with E-state index in [4.69, 9.17) is 5.11 Å². The fraction of sp³-hybridized carbons (Fsp3) is 0.875. The van der Waals surface area contributed by atoms with Crippen molar-refractivity contribution in [3.05, 3.63) is 0 Å². The van der Waals surface area contributed by atoms with Crippen molar-refractivity contribution >= 4 is 16.2 Å². The molecule has 0 aromatic rings. The van der Waals surface area contributed by atoms with E-state index in [1.165, 1.54) is 18.4 Å². The van der Waals surface area contributed by atoms with Gasteiger partial charge in [-0.15, -0.1) is 0 Å². The number of carboxylic acid groups (broad SMARTS) is 1. The van der Waals surface area contributed by atoms with E-state index in [9.17, 15) is 13.2 Å². The number of rotatable bonds is 8. The van der Waals surface area contributed by atoms with E-state index in [0.29, 0.717) is 13.1 Å². The second kappa shape index (κ2) is 6.79. The van der Waals surface area contributed by atoms with Gasteiger partial charge in [-0.3, -0.25) is 4.79 Å². The monoisotopic (exact) mass is 253 g/mol. The molecule has 0 aliphatic rings. The molecule has 2 N–H and O–H groups in total. The average Bonchev–Trinajstić information content (AvgIpc) is 2.21. The van der Waals surface area contributed by atoms with Gasteiger partial charge in [0.1, 0.15) is 0 Å². The van der Waals surface area contributed by atoms with Crippen LogP contribution in [0.15, 0.2) is 0 Å². The summed E-state index contributed by atoms with van der Waals surface area (Å²) in [5.41, 5.74) is 0. The van der Waals surface area contributed by atoms with Gasteiger partial charge in [-0.2, -0.15) is 17.0 Å². The summed E-state index contributed by atoms with van der Waals surface area (Å²) in [5, 5.41) is 11.3. The molecule has 7 nitrogen and oxygen atoms in total. The Balaban J connectivity index is 4.34. The van der Waals surface area contributed by atoms with E-state index < -0.39 is 16.2 Å². The highest BCUT2D eigenvalue weighted by atomic mass is 32.2. The van der Waals surface area contributed by atoms with Gasteiger partial charge in [0.2, 0.25) is 0 Å². The Morgan fingerprint density at radius 1 is 1.25 bits per heavy atom. The summed E-state index contributed by atoms with van der Waals surface area (Å²) in [6, 6.07) is 0. The van der Waals surface area contributed by atoms with Crippen LogP contribution in [0.2, 0.25) is 0 Å². The molecule has 0 saturated carbocycles. The van der Waals surface area contributed by atoms with Crippen LogP contribution in [0.25, 0.3) is 0 Å². The predicted octanol–water partition coefficient (Wildman–Crippen LogP) is -1.21. The van der Waals surface area contributed by atoms with E-state index in [1.807, 2.05) is 0 Å². The topological polar surface area (TPSA) is 90.0 Å². The first-order chi connectivity index (χ1) is 7.32. The Hall–Kier alpha value is -0.700. The molecule has 0 fully saturated rings. The summed E-state index contributed by atoms with van der Waals surface area (Å²) < 4.78 is 25.8. The van der Waals surface area contributed by atoms with E-state index in [1.54, 1.807) is 7.05 Å². The van der Waals surface area contributed by atoms with E-state index in [-0.39, 0.29) is 13.0 Å². The lowest BCUT2D eigenvalue weighted by molar-refractivity contribution is -0.137. The largest absolute Gasteiger partial charge is 0.481 e. The highest BCUT2D eigenvalue weighted by Crippen LogP contribution is 2.03. The molecule has 0 unspecified atom stereocenters. The minimum atomic E-state index is -3.54. The first-order valence-corrected chi connectivity index (χ1v) is 6.26. The Morgan fingerprint density at radius 2 is 1.75 bits per heavy atom. The van der Waals surface area contributed by atoms with Gasteiger partial charge >= 0.3 is 5.97 Å². The van der Waals surface area contributed by atoms with Crippen LogP contribution in [0.3, 0.4) is 0 Å². The zero-order valence-electron chi connectivity index (χ0n) is 9.80. The number of hydrogen-bond acceptors (Lipinski definition) is 4. The van der Waals surface area contributed by atoms with Crippen LogP contribution in [-0.2, 0) is 15.0 Å². The summed E-state index contributed by atoms with van der Waals surface area (Å²) in [6.45, 7) is 0.861. The molecule has 0 aromatic heterocycles. The van der Waals surface area contributed by atoms with Gasteiger partial charge in [0.05, 0.1) is 6.42 Å². The van der Waals surface area contributed by atoms with Crippen LogP contribution in [0.5, 0.6) is 0 Å². The Morgan fingerprint density at radius 3 is 2.19 bits per heavy atom. The number of likely N-dealkylation sites (N-methyl/N-ethyl adjacent to an activating group) is 2. The van der Waals surface area contributed by atoms with Crippen LogP contribution in [0.4, 0.5) is 0 Å². The molecule has 0 amide bonds. The number of nitrogens with zero attached hydrogens (tertiary/aromatic N) is 2. The normalized spacial score (nSPS) is 12.3. The zero-order valence-corrected chi connectivity index (χ0v) is 10.6. The van der Waals surface area contributed by atoms with Crippen molar-refractivity contribution in [3.63, 3.8) is 0 Å². The lowest BCUT2D eigenvalue weighted by Gasteiger charge is -2.23. The van der Waals surface area contributed by atoms with Gasteiger partial charge in [0, 0.05) is 33.7 Å². The molecule has 16 heavy (non-hydrogen) atoms. The second-order valence-corrected chi connectivity index (χ2v) is 5.54. The lowest BCUT2D eigenvalue weighted by Crippen LogP contribution is -2.42. The third kappa shape index (κ3) is 4.88. The van der Waals surface area contributed by atoms with Gasteiger partial charge in [-0.05, 0) is 7.05 Å². The number of hydrogen-bond donors (Lipinski definition) is 2. The molecule has 0 aliphatic heterocycles. The van der Waals surface area contributed by atoms with Crippen molar-refractivity contribution in [2.75, 3.05) is 40.8 Å². The number of nitrogens with one attached hydrogen (secondary N) is 1. The third-order valence-corrected chi connectivity index (χ3v) is 4.05. The summed E-state index contributed by atoms with van der Waals surface area (Å²) in [5.74, 6) is -1.01. The summed E-state index contributed by atoms with van der Waals surface area (Å²) >= 11 is 0. The molecule has 0 aliphatic carbocycles. The molecule has 0 spiro atoms. The highest BCUT2D eigenvalue weighted by molar-refractivity contribution is 7.86. The molecule has 96 valence electrons. The molecular formula is C8H19N3O4S. The van der Waals surface area contributed by atoms with Gasteiger partial charge in [-0.25, -0.2) is 0 Å². The second-order valence-electron chi connectivity index (χ2n) is 3.40. The number of carboxylic acids is 1. The van der Waals surface area contributed by atoms with Gasteiger partial charge in [0.25, 0.3) is 10.2 Å². The summed E-state index contributed by atoms with van der Waals surface area (Å²) in [4.78, 5) is 10.3. The fourth-order valence-corrected chi connectivity index (χ4v) is 2.11. The van der Waals surface area contributed by atoms with Crippen LogP contribution in [-0.4, -0.2) is 68.9 Å². The molecule has 0 bridgehead atoms. The third-order valence-electron chi connectivity index (χ3n) is 2.10. The van der Waals surface area contributed by atoms with E-state index in [0.717, 1.165) is 4.31 Å². The average molecular weight is 253 g/mol. The fourth-order valence-electron chi connectivity index (χ4n) is 0.991. The first-order valence-electron chi connectivity index (χ1n) is 4.86. The molecule has 0 aromatic carbocycles. The van der Waals surface area contributed by atoms with Crippen LogP contribution in [0.1, 0.15) is 6.42 Å². The molecule has 0 atom stereocenters. The molecule has 0 radical (unpaired) electrons. The number of carbonyl (C=O) groups is 1. The quantitative estimate of drug-likeness (QED) is 0.566. The van der Waals surface area contributed by atoms with Crippen molar-refractivity contribution in [2.45, 2.75) is 6.42 Å². The van der Waals surface area contributed by atoms with Crippen molar-refractivity contribution in [3.8, 4) is 0 Å². The summed E-state index contributed by atoms with van der Waals surface area (Å²) in [6.07, 6.45) is -0.199. The van der Waals surface area contributed by atoms with Gasteiger partial charge < -0.3 is 10.4 Å². The molecule has 0 rings (SSSR count). The van der Waals surface area contributed by atoms with Gasteiger partial charge in [0.15, 0.2) is 0 Å². The SMILES string of the molecule is CNCCN(C)S(=O)(=O)N(C)CCC(=O)O. The predicted molar refractivity (Wildman–Crippen MR) is 60.4 cm³/mol. The molecule has 0 saturated heterocycles. The van der Waals surface area contributed by atoms with Crippen molar-refractivity contribution in [1.82, 2.24) is 13.9 Å². The van der Waals surface area contributed by atoms with E-state index >= 15 is 0 Å². The lowest BCUT2D eigenvalue weighted by atomic mass is 10.4. The molecule has 8 heteroatoms. The van der Waals surface area contributed by atoms with E-state index in [2.05, 4.69) is 5.32 Å².